The lowest BCUT2D eigenvalue weighted by molar-refractivity contribution is -0.138. The second-order valence-electron chi connectivity index (χ2n) is 3.95. The molecule has 0 saturated heterocycles. The van der Waals surface area contributed by atoms with E-state index in [1.165, 1.54) is 0 Å². The Balaban J connectivity index is 2.44. The van der Waals surface area contributed by atoms with Crippen LogP contribution in [0.15, 0.2) is 30.0 Å². The van der Waals surface area contributed by atoms with Crippen molar-refractivity contribution < 1.29 is 22.3 Å². The number of rotatable bonds is 2. The Bertz CT molecular complexity index is 481. The van der Waals surface area contributed by atoms with Crippen LogP contribution < -0.4 is 5.73 Å². The lowest BCUT2D eigenvalue weighted by Gasteiger charge is -2.19. The second kappa shape index (κ2) is 4.61. The molecular formula is C12H11F4NO. The molecule has 6 heteroatoms. The molecule has 98 valence electrons. The van der Waals surface area contributed by atoms with E-state index in [-0.39, 0.29) is 11.3 Å². The maximum atomic E-state index is 13.1. The number of hydrogen-bond donors (Lipinski definition) is 1. The summed E-state index contributed by atoms with van der Waals surface area (Å²) in [7, 11) is 0. The molecule has 1 atom stereocenters. The maximum Gasteiger partial charge on any atom is 0.416 e. The van der Waals surface area contributed by atoms with E-state index in [1.54, 1.807) is 6.08 Å². The third kappa shape index (κ3) is 2.48. The molecule has 0 radical (unpaired) electrons. The van der Waals surface area contributed by atoms with Gasteiger partial charge in [0.05, 0.1) is 18.2 Å². The number of alkyl halides is 3. The van der Waals surface area contributed by atoms with Crippen LogP contribution in [0.5, 0.6) is 0 Å². The average molecular weight is 261 g/mol. The molecule has 0 aliphatic carbocycles. The third-order valence-corrected chi connectivity index (χ3v) is 2.69. The van der Waals surface area contributed by atoms with E-state index < -0.39 is 23.6 Å². The molecular weight excluding hydrogens is 250 g/mol. The molecule has 0 fully saturated rings. The van der Waals surface area contributed by atoms with Gasteiger partial charge in [0.2, 0.25) is 0 Å². The fourth-order valence-corrected chi connectivity index (χ4v) is 1.86. The number of benzene rings is 1. The van der Waals surface area contributed by atoms with Crippen molar-refractivity contribution in [2.45, 2.75) is 18.6 Å². The van der Waals surface area contributed by atoms with Gasteiger partial charge in [0.25, 0.3) is 0 Å². The van der Waals surface area contributed by atoms with Crippen molar-refractivity contribution in [3.63, 3.8) is 0 Å². The molecule has 1 aromatic carbocycles. The predicted molar refractivity (Wildman–Crippen MR) is 57.0 cm³/mol. The van der Waals surface area contributed by atoms with Crippen LogP contribution in [0.25, 0.3) is 0 Å². The Morgan fingerprint density at radius 2 is 2.00 bits per heavy atom. The van der Waals surface area contributed by atoms with E-state index in [0.29, 0.717) is 19.1 Å². The van der Waals surface area contributed by atoms with Crippen molar-refractivity contribution in [3.05, 3.63) is 47.0 Å². The molecule has 0 spiro atoms. The highest BCUT2D eigenvalue weighted by atomic mass is 19.4. The van der Waals surface area contributed by atoms with Crippen molar-refractivity contribution in [1.82, 2.24) is 0 Å². The highest BCUT2D eigenvalue weighted by Gasteiger charge is 2.36. The zero-order valence-corrected chi connectivity index (χ0v) is 9.30. The van der Waals surface area contributed by atoms with Crippen LogP contribution in [0.1, 0.15) is 23.6 Å². The van der Waals surface area contributed by atoms with E-state index in [2.05, 4.69) is 0 Å². The topological polar surface area (TPSA) is 35.2 Å². The molecule has 1 unspecified atom stereocenters. The van der Waals surface area contributed by atoms with E-state index in [4.69, 9.17) is 10.5 Å². The van der Waals surface area contributed by atoms with Crippen LogP contribution in [-0.2, 0) is 10.9 Å². The van der Waals surface area contributed by atoms with E-state index in [0.717, 1.165) is 12.1 Å². The Kier molecular flexibility index (Phi) is 3.30. The summed E-state index contributed by atoms with van der Waals surface area (Å²) in [5.41, 5.74) is 4.46. The summed E-state index contributed by atoms with van der Waals surface area (Å²) in [6.45, 7) is 0.389. The molecule has 0 bridgehead atoms. The van der Waals surface area contributed by atoms with Crippen molar-refractivity contribution in [2.75, 3.05) is 6.61 Å². The van der Waals surface area contributed by atoms with Gasteiger partial charge in [0.1, 0.15) is 11.6 Å². The summed E-state index contributed by atoms with van der Waals surface area (Å²) >= 11 is 0. The van der Waals surface area contributed by atoms with Gasteiger partial charge in [-0.3, -0.25) is 0 Å². The minimum atomic E-state index is -4.57. The molecule has 0 saturated carbocycles. The summed E-state index contributed by atoms with van der Waals surface area (Å²) in [6, 6.07) is 1.17. The molecule has 2 N–H and O–H groups in total. The molecule has 1 aliphatic rings. The smallest absolute Gasteiger partial charge is 0.416 e. The van der Waals surface area contributed by atoms with Gasteiger partial charge in [0, 0.05) is 6.42 Å². The van der Waals surface area contributed by atoms with Gasteiger partial charge in [-0.25, -0.2) is 4.39 Å². The lowest BCUT2D eigenvalue weighted by Crippen LogP contribution is -2.19. The molecule has 1 aliphatic heterocycles. The minimum Gasteiger partial charge on any atom is -0.496 e. The van der Waals surface area contributed by atoms with Crippen LogP contribution >= 0.6 is 0 Å². The zero-order valence-electron chi connectivity index (χ0n) is 9.30. The van der Waals surface area contributed by atoms with Gasteiger partial charge >= 0.3 is 6.18 Å². The van der Waals surface area contributed by atoms with Crippen molar-refractivity contribution in [3.8, 4) is 0 Å². The first-order valence-corrected chi connectivity index (χ1v) is 5.34. The van der Waals surface area contributed by atoms with Crippen molar-refractivity contribution >= 4 is 0 Å². The molecule has 1 aromatic rings. The molecule has 2 rings (SSSR count). The first-order chi connectivity index (χ1) is 8.39. The first-order valence-electron chi connectivity index (χ1n) is 5.34. The predicted octanol–water partition coefficient (Wildman–Crippen LogP) is 3.15. The van der Waals surface area contributed by atoms with Gasteiger partial charge in [-0.2, -0.15) is 13.2 Å². The summed E-state index contributed by atoms with van der Waals surface area (Å²) in [5, 5.41) is 0. The first kappa shape index (κ1) is 12.9. The third-order valence-electron chi connectivity index (χ3n) is 2.69. The van der Waals surface area contributed by atoms with Gasteiger partial charge in [-0.15, -0.1) is 0 Å². The Morgan fingerprint density at radius 3 is 2.56 bits per heavy atom. The standard InChI is InChI=1S/C12H11F4NO/c13-7-3-4-9(12(14,15)16)8(6-7)11(17)10-2-1-5-18-10/h2-4,6,11H,1,5,17H2. The summed E-state index contributed by atoms with van der Waals surface area (Å²) in [4.78, 5) is 0. The van der Waals surface area contributed by atoms with Crippen LogP contribution in [0.3, 0.4) is 0 Å². The number of halogens is 4. The van der Waals surface area contributed by atoms with Gasteiger partial charge in [0.15, 0.2) is 0 Å². The molecule has 2 nitrogen and oxygen atoms in total. The largest absolute Gasteiger partial charge is 0.496 e. The molecule has 0 aromatic heterocycles. The van der Waals surface area contributed by atoms with Crippen LogP contribution in [0.2, 0.25) is 0 Å². The van der Waals surface area contributed by atoms with Gasteiger partial charge in [-0.1, -0.05) is 0 Å². The second-order valence-corrected chi connectivity index (χ2v) is 3.95. The Hall–Kier alpha value is -1.56. The van der Waals surface area contributed by atoms with Crippen LogP contribution in [0, 0.1) is 5.82 Å². The minimum absolute atomic E-state index is 0.256. The average Bonchev–Trinajstić information content (AvgIpc) is 2.79. The number of hydrogen-bond acceptors (Lipinski definition) is 2. The quantitative estimate of drug-likeness (QED) is 0.830. The SMILES string of the molecule is NC(C1=CCCO1)c1cc(F)ccc1C(F)(F)F. The number of ether oxygens (including phenoxy) is 1. The van der Waals surface area contributed by atoms with E-state index in [1.807, 2.05) is 0 Å². The van der Waals surface area contributed by atoms with E-state index in [9.17, 15) is 17.6 Å². The van der Waals surface area contributed by atoms with Crippen molar-refractivity contribution in [1.29, 1.82) is 0 Å². The fourth-order valence-electron chi connectivity index (χ4n) is 1.86. The molecule has 18 heavy (non-hydrogen) atoms. The zero-order chi connectivity index (χ0) is 13.3. The summed E-state index contributed by atoms with van der Waals surface area (Å²) in [5.74, 6) is -0.502. The highest BCUT2D eigenvalue weighted by molar-refractivity contribution is 5.36. The number of nitrogens with two attached hydrogens (primary N) is 1. The summed E-state index contributed by atoms with van der Waals surface area (Å²) in [6.07, 6.45) is -2.35. The fraction of sp³-hybridized carbons (Fsp3) is 0.333. The van der Waals surface area contributed by atoms with Crippen LogP contribution in [-0.4, -0.2) is 6.61 Å². The van der Waals surface area contributed by atoms with Crippen LogP contribution in [0.4, 0.5) is 17.6 Å². The monoisotopic (exact) mass is 261 g/mol. The molecule has 0 amide bonds. The van der Waals surface area contributed by atoms with Crippen molar-refractivity contribution in [2.24, 2.45) is 5.73 Å². The molecule has 1 heterocycles. The normalized spacial score (nSPS) is 17.3. The maximum absolute atomic E-state index is 13.1. The Morgan fingerprint density at radius 1 is 1.28 bits per heavy atom. The highest BCUT2D eigenvalue weighted by Crippen LogP contribution is 2.37. The van der Waals surface area contributed by atoms with Gasteiger partial charge in [-0.05, 0) is 29.8 Å². The lowest BCUT2D eigenvalue weighted by atomic mass is 9.98. The Labute approximate surface area is 101 Å². The summed E-state index contributed by atoms with van der Waals surface area (Å²) < 4.78 is 56.6. The van der Waals surface area contributed by atoms with Gasteiger partial charge < -0.3 is 10.5 Å². The van der Waals surface area contributed by atoms with E-state index >= 15 is 0 Å².